The van der Waals surface area contributed by atoms with Gasteiger partial charge in [0, 0.05) is 37.3 Å². The van der Waals surface area contributed by atoms with Crippen LogP contribution in [-0.4, -0.2) is 148 Å². The monoisotopic (exact) mass is 792 g/mol. The predicted molar refractivity (Wildman–Crippen MR) is 201 cm³/mol. The third kappa shape index (κ3) is 11.1. The number of aliphatic hydroxyl groups excluding tert-OH is 3. The van der Waals surface area contributed by atoms with Crippen molar-refractivity contribution in [1.29, 1.82) is 5.26 Å². The van der Waals surface area contributed by atoms with Gasteiger partial charge in [-0.2, -0.15) is 5.26 Å². The Hall–Kier alpha value is -1.46. The average Bonchev–Trinajstić information content (AvgIpc) is 3.09. The van der Waals surface area contributed by atoms with Crippen molar-refractivity contribution in [3.05, 3.63) is 0 Å². The van der Waals surface area contributed by atoms with E-state index in [0.717, 1.165) is 0 Å². The molecule has 3 fully saturated rings. The van der Waals surface area contributed by atoms with Crippen LogP contribution in [0.1, 0.15) is 94.9 Å². The summed E-state index contributed by atoms with van der Waals surface area (Å²) in [4.78, 5) is 29.8. The minimum absolute atomic E-state index is 0.0936. The molecule has 0 aromatic carbocycles. The summed E-state index contributed by atoms with van der Waals surface area (Å²) in [5.74, 6) is -4.98. The van der Waals surface area contributed by atoms with Crippen LogP contribution in [0.3, 0.4) is 0 Å². The Bertz CT molecular complexity index is 1270. The number of rotatable bonds is 7. The van der Waals surface area contributed by atoms with Crippen LogP contribution >= 0.6 is 12.6 Å². The first kappa shape index (κ1) is 48.7. The van der Waals surface area contributed by atoms with Crippen molar-refractivity contribution in [1.82, 2.24) is 4.90 Å². The Kier molecular flexibility index (Phi) is 17.9. The van der Waals surface area contributed by atoms with Crippen molar-refractivity contribution in [2.45, 2.75) is 179 Å². The summed E-state index contributed by atoms with van der Waals surface area (Å²) in [6.07, 6.45) is -9.71. The Morgan fingerprint density at radius 2 is 1.52 bits per heavy atom. The molecule has 0 aromatic heterocycles. The summed E-state index contributed by atoms with van der Waals surface area (Å²) in [6.45, 7) is 16.3. The molecule has 5 N–H and O–H groups in total. The van der Waals surface area contributed by atoms with E-state index in [4.69, 9.17) is 33.7 Å². The van der Waals surface area contributed by atoms with Gasteiger partial charge in [0.25, 0.3) is 0 Å². The number of hydrogen-bond acceptors (Lipinski definition) is 16. The molecule has 54 heavy (non-hydrogen) atoms. The molecule has 18 atom stereocenters. The van der Waals surface area contributed by atoms with E-state index in [-0.39, 0.29) is 31.4 Å². The average molecular weight is 793 g/mol. The number of thiol groups is 1. The van der Waals surface area contributed by atoms with E-state index >= 15 is 0 Å². The van der Waals surface area contributed by atoms with Gasteiger partial charge in [-0.05, 0) is 74.9 Å². The molecule has 314 valence electrons. The third-order valence-corrected chi connectivity index (χ3v) is 11.8. The van der Waals surface area contributed by atoms with Gasteiger partial charge in [-0.1, -0.05) is 40.3 Å². The molecule has 0 unspecified atom stereocenters. The van der Waals surface area contributed by atoms with Crippen LogP contribution < -0.4 is 0 Å². The third-order valence-electron chi connectivity index (χ3n) is 11.8. The van der Waals surface area contributed by atoms with Gasteiger partial charge in [0.15, 0.2) is 12.6 Å². The zero-order valence-electron chi connectivity index (χ0n) is 34.3. The number of aliphatic hydroxyl groups is 5. The second-order valence-corrected chi connectivity index (χ2v) is 16.8. The second-order valence-electron chi connectivity index (χ2n) is 16.6. The number of cyclic esters (lactones) is 1. The van der Waals surface area contributed by atoms with Crippen molar-refractivity contribution < 1.29 is 63.5 Å². The molecule has 16 heteroatoms. The summed E-state index contributed by atoms with van der Waals surface area (Å²) in [5.41, 5.74) is -4.84. The van der Waals surface area contributed by atoms with Crippen molar-refractivity contribution in [2.75, 3.05) is 21.2 Å². The Balaban J connectivity index is 0.00000325. The molecular weight excluding hydrogens is 724 g/mol. The summed E-state index contributed by atoms with van der Waals surface area (Å²) >= 11 is 3.09. The molecule has 3 aliphatic rings. The molecule has 3 saturated heterocycles. The minimum Gasteiger partial charge on any atom is -0.459 e. The van der Waals surface area contributed by atoms with Gasteiger partial charge >= 0.3 is 5.97 Å². The van der Waals surface area contributed by atoms with Crippen LogP contribution in [0.15, 0.2) is 0 Å². The number of carbonyl (C=O) groups excluding carboxylic acids is 2. The Morgan fingerprint density at radius 3 is 2.04 bits per heavy atom. The second kappa shape index (κ2) is 19.8. The van der Waals surface area contributed by atoms with Gasteiger partial charge < -0.3 is 58.9 Å². The SMILES string of the molecule is CC[C@H]1OC(=O)[C@H](C)[C@@H](O[C@H]2C[C@](C)(OC)[C@@H](O)[C@H](C)O2)[C@H](C)[C@H](O[C@@H]2O[C@@H](C)C[C@@H](N(C)C)[C@@H]2O)[C@@](C)(O)C[C@@H](C)C(=O)[C@H](C)[C@H](O)[C@]1(C)O.N#CS. The largest absolute Gasteiger partial charge is 0.459 e. The fraction of sp³-hybridized carbons (Fsp3) is 0.921. The fourth-order valence-corrected chi connectivity index (χ4v) is 8.41. The molecule has 3 heterocycles. The Labute approximate surface area is 327 Å². The molecule has 15 nitrogen and oxygen atoms in total. The summed E-state index contributed by atoms with van der Waals surface area (Å²) in [6, 6.07) is -0.324. The van der Waals surface area contributed by atoms with E-state index in [0.29, 0.717) is 6.42 Å². The molecule has 0 saturated carbocycles. The topological polar surface area (TPSA) is 218 Å². The standard InChI is InChI=1S/C37H67NO13.CHNS/c1-14-25-37(10,45)30(41)20(4)27(39)18(2)16-35(8,44)32(51-34-28(40)24(38(11)12)15-19(3)47-34)21(5)29(22(6)33(43)49-25)50-26-17-36(9,46-13)31(42)23(7)48-26;2-1-3/h18-26,28-32,34,40-42,44-45H,14-17H2,1-13H3;3H/t18-,19+,20+,21+,22-,23+,24-,25-,26+,28+,29+,30+,31+,32+,34+,35+,36+,37-;/m1./s1. The molecule has 3 aliphatic heterocycles. The molecular formula is C38H68N2O13S. The quantitative estimate of drug-likeness (QED) is 0.124. The lowest BCUT2D eigenvalue weighted by molar-refractivity contribution is -0.318. The van der Waals surface area contributed by atoms with Crippen LogP contribution in [-0.2, 0) is 38.0 Å². The van der Waals surface area contributed by atoms with Crippen molar-refractivity contribution >= 4 is 24.4 Å². The van der Waals surface area contributed by atoms with Crippen molar-refractivity contribution in [3.8, 4) is 5.40 Å². The predicted octanol–water partition coefficient (Wildman–Crippen LogP) is 2.18. The first-order valence-corrected chi connectivity index (χ1v) is 19.4. The fourth-order valence-electron chi connectivity index (χ4n) is 8.41. The van der Waals surface area contributed by atoms with E-state index in [1.54, 1.807) is 41.5 Å². The van der Waals surface area contributed by atoms with Gasteiger partial charge in [-0.3, -0.25) is 9.59 Å². The highest BCUT2D eigenvalue weighted by molar-refractivity contribution is 7.85. The van der Waals surface area contributed by atoms with Gasteiger partial charge in [-0.25, -0.2) is 0 Å². The molecule has 3 rings (SSSR count). The number of nitrogens with zero attached hydrogens (tertiary/aromatic N) is 2. The molecule has 0 spiro atoms. The van der Waals surface area contributed by atoms with Crippen LogP contribution in [0.25, 0.3) is 0 Å². The maximum Gasteiger partial charge on any atom is 0.311 e. The van der Waals surface area contributed by atoms with Gasteiger partial charge in [0.05, 0.1) is 47.6 Å². The highest BCUT2D eigenvalue weighted by atomic mass is 32.1. The van der Waals surface area contributed by atoms with E-state index in [2.05, 4.69) is 12.6 Å². The molecule has 0 radical (unpaired) electrons. The zero-order chi connectivity index (χ0) is 41.7. The van der Waals surface area contributed by atoms with Crippen molar-refractivity contribution in [2.24, 2.45) is 23.7 Å². The lowest BCUT2D eigenvalue weighted by Crippen LogP contribution is -2.61. The normalized spacial score (nSPS) is 47.1. The molecule has 0 aliphatic carbocycles. The van der Waals surface area contributed by atoms with Crippen molar-refractivity contribution in [3.63, 3.8) is 0 Å². The number of likely N-dealkylation sites (N-methyl/N-ethyl adjacent to an activating group) is 1. The Morgan fingerprint density at radius 1 is 0.944 bits per heavy atom. The van der Waals surface area contributed by atoms with Gasteiger partial charge in [0.1, 0.15) is 35.1 Å². The summed E-state index contributed by atoms with van der Waals surface area (Å²) in [7, 11) is 5.18. The lowest BCUT2D eigenvalue weighted by Gasteiger charge is -2.49. The van der Waals surface area contributed by atoms with E-state index in [1.165, 1.54) is 33.3 Å². The van der Waals surface area contributed by atoms with Crippen LogP contribution in [0.4, 0.5) is 0 Å². The first-order chi connectivity index (χ1) is 24.8. The number of methoxy groups -OCH3 is 1. The highest BCUT2D eigenvalue weighted by Crippen LogP contribution is 2.40. The number of hydrogen-bond donors (Lipinski definition) is 6. The van der Waals surface area contributed by atoms with Crippen LogP contribution in [0.5, 0.6) is 0 Å². The van der Waals surface area contributed by atoms with Gasteiger partial charge in [0.2, 0.25) is 0 Å². The molecule has 0 aromatic rings. The molecule has 0 amide bonds. The smallest absolute Gasteiger partial charge is 0.311 e. The first-order valence-electron chi connectivity index (χ1n) is 18.9. The number of Topliss-reactive ketones (excluding diaryl/α,β-unsaturated/α-hetero) is 1. The summed E-state index contributed by atoms with van der Waals surface area (Å²) in [5, 5.41) is 66.2. The number of thiocyanates is 1. The van der Waals surface area contributed by atoms with Crippen LogP contribution in [0.2, 0.25) is 0 Å². The van der Waals surface area contributed by atoms with E-state index < -0.39 is 108 Å². The maximum absolute atomic E-state index is 14.1. The number of esters is 1. The van der Waals surface area contributed by atoms with Crippen LogP contribution in [0, 0.1) is 34.3 Å². The van der Waals surface area contributed by atoms with Gasteiger partial charge in [-0.15, -0.1) is 0 Å². The number of carbonyl (C=O) groups is 2. The molecule has 0 bridgehead atoms. The zero-order valence-corrected chi connectivity index (χ0v) is 35.2. The summed E-state index contributed by atoms with van der Waals surface area (Å²) < 4.78 is 37.1. The lowest BCUT2D eigenvalue weighted by atomic mass is 9.74. The van der Waals surface area contributed by atoms with E-state index in [9.17, 15) is 35.1 Å². The maximum atomic E-state index is 14.1. The number of nitriles is 1. The number of ketones is 1. The number of ether oxygens (including phenoxy) is 6. The van der Waals surface area contributed by atoms with E-state index in [1.807, 2.05) is 25.9 Å². The minimum atomic E-state index is -1.99. The highest BCUT2D eigenvalue weighted by Gasteiger charge is 2.53.